The Morgan fingerprint density at radius 3 is 2.67 bits per heavy atom. The highest BCUT2D eigenvalue weighted by molar-refractivity contribution is 7.99. The normalized spacial score (nSPS) is 15.5. The number of thioether (sulfide) groups is 1. The van der Waals surface area contributed by atoms with E-state index in [1.165, 1.54) is 17.3 Å². The van der Waals surface area contributed by atoms with Crippen molar-refractivity contribution in [1.82, 2.24) is 10.2 Å². The van der Waals surface area contributed by atoms with Crippen LogP contribution in [0.25, 0.3) is 0 Å². The van der Waals surface area contributed by atoms with Gasteiger partial charge in [-0.05, 0) is 24.1 Å². The number of fused-ring (bicyclic) bond motifs is 1. The van der Waals surface area contributed by atoms with Gasteiger partial charge in [0.2, 0.25) is 6.10 Å². The van der Waals surface area contributed by atoms with Crippen molar-refractivity contribution in [3.05, 3.63) is 65.5 Å². The van der Waals surface area contributed by atoms with Crippen molar-refractivity contribution < 1.29 is 18.7 Å². The fraction of sp³-hybridized carbons (Fsp3) is 0.250. The summed E-state index contributed by atoms with van der Waals surface area (Å²) in [7, 11) is 0. The fourth-order valence-electron chi connectivity index (χ4n) is 2.69. The largest absolute Gasteiger partial charge is 0.485 e. The van der Waals surface area contributed by atoms with Gasteiger partial charge in [-0.25, -0.2) is 0 Å². The zero-order valence-corrected chi connectivity index (χ0v) is 15.6. The highest BCUT2D eigenvalue weighted by atomic mass is 32.2. The topological polar surface area (TPSA) is 74.5 Å². The number of ether oxygens (including phenoxy) is 2. The maximum Gasteiger partial charge on any atom is 0.277 e. The van der Waals surface area contributed by atoms with Crippen molar-refractivity contribution in [3.63, 3.8) is 0 Å². The summed E-state index contributed by atoms with van der Waals surface area (Å²) in [6, 6.07) is 15.1. The third-order valence-corrected chi connectivity index (χ3v) is 5.04. The van der Waals surface area contributed by atoms with E-state index >= 15 is 0 Å². The number of benzene rings is 2. The van der Waals surface area contributed by atoms with E-state index in [0.29, 0.717) is 34.8 Å². The molecule has 1 atom stereocenters. The molecule has 0 amide bonds. The first-order valence-corrected chi connectivity index (χ1v) is 9.68. The van der Waals surface area contributed by atoms with Gasteiger partial charge in [0, 0.05) is 5.56 Å². The number of hydrogen-bond acceptors (Lipinski definition) is 7. The van der Waals surface area contributed by atoms with Gasteiger partial charge in [0.25, 0.3) is 11.1 Å². The molecule has 27 heavy (non-hydrogen) atoms. The molecule has 0 fully saturated rings. The maximum absolute atomic E-state index is 12.3. The van der Waals surface area contributed by atoms with E-state index in [-0.39, 0.29) is 11.5 Å². The lowest BCUT2D eigenvalue weighted by Crippen LogP contribution is -2.21. The molecule has 4 rings (SSSR count). The van der Waals surface area contributed by atoms with E-state index < -0.39 is 6.10 Å². The summed E-state index contributed by atoms with van der Waals surface area (Å²) in [5.74, 6) is 1.94. The fourth-order valence-corrected chi connectivity index (χ4v) is 3.35. The van der Waals surface area contributed by atoms with Gasteiger partial charge >= 0.3 is 0 Å². The predicted octanol–water partition coefficient (Wildman–Crippen LogP) is 4.12. The van der Waals surface area contributed by atoms with Crippen LogP contribution in [0.15, 0.2) is 58.2 Å². The highest BCUT2D eigenvalue weighted by Crippen LogP contribution is 2.35. The second-order valence-corrected chi connectivity index (χ2v) is 6.96. The second kappa shape index (κ2) is 7.84. The summed E-state index contributed by atoms with van der Waals surface area (Å²) in [6.45, 7) is 2.38. The highest BCUT2D eigenvalue weighted by Gasteiger charge is 2.27. The molecule has 0 saturated carbocycles. The molecule has 0 spiro atoms. The van der Waals surface area contributed by atoms with Crippen molar-refractivity contribution in [2.75, 3.05) is 12.4 Å². The number of aryl methyl sites for hydroxylation is 1. The van der Waals surface area contributed by atoms with E-state index in [9.17, 15) is 4.79 Å². The number of ketones is 1. The number of carbonyl (C=O) groups excluding carboxylic acids is 1. The Morgan fingerprint density at radius 1 is 1.11 bits per heavy atom. The number of Topliss-reactive ketones (excluding diaryl/α,β-unsaturated/α-hetero) is 1. The molecule has 1 aromatic heterocycles. The lowest BCUT2D eigenvalue weighted by Gasteiger charge is -2.23. The average molecular weight is 382 g/mol. The van der Waals surface area contributed by atoms with Gasteiger partial charge in [-0.2, -0.15) is 0 Å². The summed E-state index contributed by atoms with van der Waals surface area (Å²) in [5.41, 5.74) is 1.89. The molecule has 0 aliphatic carbocycles. The van der Waals surface area contributed by atoms with Crippen LogP contribution < -0.4 is 9.47 Å². The van der Waals surface area contributed by atoms with E-state index in [4.69, 9.17) is 13.9 Å². The van der Waals surface area contributed by atoms with Crippen molar-refractivity contribution in [3.8, 4) is 11.5 Å². The number of hydrogen-bond donors (Lipinski definition) is 0. The lowest BCUT2D eigenvalue weighted by molar-refractivity contribution is 0.0686. The van der Waals surface area contributed by atoms with E-state index in [2.05, 4.69) is 17.1 Å². The summed E-state index contributed by atoms with van der Waals surface area (Å²) in [4.78, 5) is 12.3. The summed E-state index contributed by atoms with van der Waals surface area (Å²) >= 11 is 1.22. The average Bonchev–Trinajstić information content (AvgIpc) is 3.21. The first kappa shape index (κ1) is 17.6. The van der Waals surface area contributed by atoms with Gasteiger partial charge < -0.3 is 13.9 Å². The summed E-state index contributed by atoms with van der Waals surface area (Å²) < 4.78 is 17.2. The molecule has 0 radical (unpaired) electrons. The molecule has 0 saturated heterocycles. The van der Waals surface area contributed by atoms with Gasteiger partial charge in [0.1, 0.15) is 6.61 Å². The molecule has 0 unspecified atom stereocenters. The Kier molecular flexibility index (Phi) is 5.11. The van der Waals surface area contributed by atoms with E-state index in [1.54, 1.807) is 0 Å². The minimum absolute atomic E-state index is 0.0218. The monoisotopic (exact) mass is 382 g/mol. The summed E-state index contributed by atoms with van der Waals surface area (Å²) in [6.07, 6.45) is 0.491. The van der Waals surface area contributed by atoms with Gasteiger partial charge in [-0.3, -0.25) is 4.79 Å². The molecule has 6 nitrogen and oxygen atoms in total. The van der Waals surface area contributed by atoms with E-state index in [1.807, 2.05) is 48.5 Å². The molecule has 1 aliphatic rings. The summed E-state index contributed by atoms with van der Waals surface area (Å²) in [5, 5.41) is 8.37. The van der Waals surface area contributed by atoms with Crippen LogP contribution in [0, 0.1) is 0 Å². The SMILES string of the molecule is CCc1ccc(C(=O)CSc2nnc([C@H]3COc4ccccc4O3)o2)cc1. The van der Waals surface area contributed by atoms with Crippen molar-refractivity contribution in [2.45, 2.75) is 24.7 Å². The van der Waals surface area contributed by atoms with Crippen LogP contribution in [-0.4, -0.2) is 28.3 Å². The third kappa shape index (κ3) is 3.98. The van der Waals surface area contributed by atoms with Crippen LogP contribution in [0.1, 0.15) is 34.8 Å². The molecule has 1 aliphatic heterocycles. The maximum atomic E-state index is 12.3. The van der Waals surface area contributed by atoms with Gasteiger partial charge in [-0.15, -0.1) is 10.2 Å². The third-order valence-electron chi connectivity index (χ3n) is 4.22. The standard InChI is InChI=1S/C20H18N2O4S/c1-2-13-7-9-14(10-8-13)15(23)12-27-20-22-21-19(26-20)18-11-24-16-5-3-4-6-17(16)25-18/h3-10,18H,2,11-12H2,1H3/t18-/m1/s1. The van der Waals surface area contributed by atoms with Gasteiger partial charge in [-0.1, -0.05) is 55.1 Å². The first-order chi connectivity index (χ1) is 13.2. The molecule has 3 aromatic rings. The number of nitrogens with zero attached hydrogens (tertiary/aromatic N) is 2. The minimum Gasteiger partial charge on any atom is -0.485 e. The van der Waals surface area contributed by atoms with Crippen LogP contribution >= 0.6 is 11.8 Å². The van der Waals surface area contributed by atoms with Crippen LogP contribution in [0.5, 0.6) is 11.5 Å². The van der Waals surface area contributed by atoms with Crippen LogP contribution in [-0.2, 0) is 6.42 Å². The molecule has 0 bridgehead atoms. The molecular weight excluding hydrogens is 364 g/mol. The molecule has 138 valence electrons. The minimum atomic E-state index is -0.459. The zero-order valence-electron chi connectivity index (χ0n) is 14.8. The molecular formula is C20H18N2O4S. The molecule has 2 aromatic carbocycles. The lowest BCUT2D eigenvalue weighted by atomic mass is 10.1. The van der Waals surface area contributed by atoms with E-state index in [0.717, 1.165) is 6.42 Å². The van der Waals surface area contributed by atoms with Crippen molar-refractivity contribution >= 4 is 17.5 Å². The Hall–Kier alpha value is -2.80. The van der Waals surface area contributed by atoms with Crippen molar-refractivity contribution in [2.24, 2.45) is 0 Å². The van der Waals surface area contributed by atoms with Gasteiger partial charge in [0.05, 0.1) is 5.75 Å². The zero-order chi connectivity index (χ0) is 18.6. The van der Waals surface area contributed by atoms with Gasteiger partial charge in [0.15, 0.2) is 17.3 Å². The second-order valence-electron chi connectivity index (χ2n) is 6.03. The smallest absolute Gasteiger partial charge is 0.277 e. The Morgan fingerprint density at radius 2 is 1.89 bits per heavy atom. The Balaban J connectivity index is 1.36. The quantitative estimate of drug-likeness (QED) is 0.469. The number of aromatic nitrogens is 2. The first-order valence-electron chi connectivity index (χ1n) is 8.69. The molecule has 7 heteroatoms. The van der Waals surface area contributed by atoms with Crippen molar-refractivity contribution in [1.29, 1.82) is 0 Å². The Labute approximate surface area is 160 Å². The molecule has 2 heterocycles. The number of carbonyl (C=O) groups is 1. The Bertz CT molecular complexity index is 939. The van der Waals surface area contributed by atoms with Crippen LogP contribution in [0.4, 0.5) is 0 Å². The molecule has 0 N–H and O–H groups in total. The van der Waals surface area contributed by atoms with Crippen LogP contribution in [0.3, 0.4) is 0 Å². The van der Waals surface area contributed by atoms with Crippen LogP contribution in [0.2, 0.25) is 0 Å². The predicted molar refractivity (Wildman–Crippen MR) is 100 cm³/mol. The number of rotatable bonds is 6. The number of para-hydroxylation sites is 2.